The second-order valence-corrected chi connectivity index (χ2v) is 9.95. The summed E-state index contributed by atoms with van der Waals surface area (Å²) in [6.45, 7) is 0. The first-order chi connectivity index (χ1) is 19.1. The predicted molar refractivity (Wildman–Crippen MR) is 142 cm³/mol. The number of nitrogens with zero attached hydrogens (tertiary/aromatic N) is 3. The quantitative estimate of drug-likeness (QED) is 0.213. The van der Waals surface area contributed by atoms with Gasteiger partial charge >= 0.3 is 6.18 Å². The fraction of sp³-hybridized carbons (Fsp3) is 0.250. The predicted octanol–water partition coefficient (Wildman–Crippen LogP) is 5.54. The van der Waals surface area contributed by atoms with E-state index in [-0.39, 0.29) is 45.7 Å². The molecule has 0 radical (unpaired) electrons. The molecule has 0 unspecified atom stereocenters. The Balaban J connectivity index is 1.50. The maximum Gasteiger partial charge on any atom is 0.435 e. The van der Waals surface area contributed by atoms with E-state index >= 15 is 0 Å². The van der Waals surface area contributed by atoms with E-state index in [0.29, 0.717) is 42.4 Å². The summed E-state index contributed by atoms with van der Waals surface area (Å²) >= 11 is 0. The Hall–Kier alpha value is -4.45. The summed E-state index contributed by atoms with van der Waals surface area (Å²) in [6, 6.07) is 12.9. The molecule has 3 aromatic carbocycles. The van der Waals surface area contributed by atoms with Crippen molar-refractivity contribution < 1.29 is 27.5 Å². The minimum absolute atomic E-state index is 0.0404. The van der Waals surface area contributed by atoms with Crippen molar-refractivity contribution in [2.45, 2.75) is 44.0 Å². The molecule has 1 aliphatic carbocycles. The Labute approximate surface area is 224 Å². The fourth-order valence-electron chi connectivity index (χ4n) is 5.31. The van der Waals surface area contributed by atoms with Gasteiger partial charge in [-0.15, -0.1) is 0 Å². The standard InChI is InChI=1S/C28H24F4N6O2/c29-14-4-11-20-22(12-14)36-27(35-20)19-2-1-3-23-24(19)25(28(30,31)32)37-38(23)16-7-10-18(26(33)40)21(13-16)34-15-5-8-17(39)9-6-15/h1-4,7,10-13,15,17,34,39H,5-6,8-9H2,(H2,33,40)(H,35,36). The number of carbonyl (C=O) groups is 1. The summed E-state index contributed by atoms with van der Waals surface area (Å²) in [7, 11) is 0. The number of primary amides is 1. The van der Waals surface area contributed by atoms with Crippen LogP contribution in [0.5, 0.6) is 0 Å². The lowest BCUT2D eigenvalue weighted by atomic mass is 9.92. The van der Waals surface area contributed by atoms with Crippen molar-refractivity contribution in [1.82, 2.24) is 19.7 Å². The molecule has 5 N–H and O–H groups in total. The van der Waals surface area contributed by atoms with E-state index in [1.54, 1.807) is 12.1 Å². The number of aromatic amines is 1. The van der Waals surface area contributed by atoms with Gasteiger partial charge in [0.2, 0.25) is 0 Å². The van der Waals surface area contributed by atoms with Gasteiger partial charge in [-0.3, -0.25) is 4.79 Å². The molecule has 0 saturated heterocycles. The Bertz CT molecular complexity index is 1750. The van der Waals surface area contributed by atoms with Gasteiger partial charge < -0.3 is 21.1 Å². The molecule has 1 aliphatic rings. The number of aliphatic hydroxyl groups is 1. The molecule has 0 bridgehead atoms. The first kappa shape index (κ1) is 25.8. The average Bonchev–Trinajstić information content (AvgIpc) is 3.51. The van der Waals surface area contributed by atoms with Gasteiger partial charge in [0.1, 0.15) is 11.6 Å². The number of hydrogen-bond donors (Lipinski definition) is 4. The molecule has 0 spiro atoms. The van der Waals surface area contributed by atoms with Crippen molar-refractivity contribution in [2.75, 3.05) is 5.32 Å². The van der Waals surface area contributed by atoms with Crippen molar-refractivity contribution in [1.29, 1.82) is 0 Å². The number of H-pyrrole nitrogens is 1. The third-order valence-electron chi connectivity index (χ3n) is 7.24. The third-order valence-corrected chi connectivity index (χ3v) is 7.24. The number of aliphatic hydroxyl groups excluding tert-OH is 1. The Morgan fingerprint density at radius 1 is 1.07 bits per heavy atom. The number of fused-ring (bicyclic) bond motifs is 2. The summed E-state index contributed by atoms with van der Waals surface area (Å²) in [5.41, 5.74) is 6.39. The highest BCUT2D eigenvalue weighted by atomic mass is 19.4. The number of hydrogen-bond acceptors (Lipinski definition) is 5. The van der Waals surface area contributed by atoms with Gasteiger partial charge in [-0.1, -0.05) is 12.1 Å². The highest BCUT2D eigenvalue weighted by Crippen LogP contribution is 2.40. The summed E-state index contributed by atoms with van der Waals surface area (Å²) < 4.78 is 57.9. The number of anilines is 1. The van der Waals surface area contributed by atoms with Crippen molar-refractivity contribution in [2.24, 2.45) is 5.73 Å². The molecule has 12 heteroatoms. The first-order valence-corrected chi connectivity index (χ1v) is 12.7. The van der Waals surface area contributed by atoms with Gasteiger partial charge in [0.05, 0.1) is 33.9 Å². The van der Waals surface area contributed by atoms with Gasteiger partial charge in [-0.25, -0.2) is 14.1 Å². The maximum atomic E-state index is 14.3. The number of halogens is 4. The third kappa shape index (κ3) is 4.64. The van der Waals surface area contributed by atoms with E-state index in [1.807, 2.05) is 0 Å². The number of carbonyl (C=O) groups excluding carboxylic acids is 1. The Morgan fingerprint density at radius 2 is 1.85 bits per heavy atom. The molecule has 0 aliphatic heterocycles. The van der Waals surface area contributed by atoms with Crippen molar-refractivity contribution in [3.63, 3.8) is 0 Å². The summed E-state index contributed by atoms with van der Waals surface area (Å²) in [6.07, 6.45) is -2.65. The average molecular weight is 553 g/mol. The van der Waals surface area contributed by atoms with Crippen LogP contribution in [-0.2, 0) is 6.18 Å². The van der Waals surface area contributed by atoms with Gasteiger partial charge in [0.15, 0.2) is 5.69 Å². The van der Waals surface area contributed by atoms with E-state index in [1.165, 1.54) is 47.1 Å². The van der Waals surface area contributed by atoms with Crippen LogP contribution >= 0.6 is 0 Å². The Morgan fingerprint density at radius 3 is 2.58 bits per heavy atom. The fourth-order valence-corrected chi connectivity index (χ4v) is 5.31. The molecule has 1 saturated carbocycles. The van der Waals surface area contributed by atoms with Crippen molar-refractivity contribution in [3.8, 4) is 17.1 Å². The maximum absolute atomic E-state index is 14.3. The Kier molecular flexibility index (Phi) is 6.21. The van der Waals surface area contributed by atoms with E-state index in [9.17, 15) is 27.5 Å². The van der Waals surface area contributed by atoms with E-state index < -0.39 is 23.6 Å². The lowest BCUT2D eigenvalue weighted by molar-refractivity contribution is -0.140. The van der Waals surface area contributed by atoms with E-state index in [2.05, 4.69) is 20.4 Å². The second-order valence-electron chi connectivity index (χ2n) is 9.95. The van der Waals surface area contributed by atoms with Crippen LogP contribution in [0.2, 0.25) is 0 Å². The van der Waals surface area contributed by atoms with Gasteiger partial charge in [-0.05, 0) is 68.1 Å². The van der Waals surface area contributed by atoms with Gasteiger partial charge in [-0.2, -0.15) is 18.3 Å². The van der Waals surface area contributed by atoms with Gasteiger partial charge in [0, 0.05) is 22.7 Å². The van der Waals surface area contributed by atoms with Crippen LogP contribution in [0, 0.1) is 5.82 Å². The summed E-state index contributed by atoms with van der Waals surface area (Å²) in [5, 5.41) is 16.9. The molecule has 1 amide bonds. The second kappa shape index (κ2) is 9.63. The molecular formula is C28H24F4N6O2. The van der Waals surface area contributed by atoms with E-state index in [4.69, 9.17) is 5.73 Å². The molecule has 2 heterocycles. The molecule has 2 aromatic heterocycles. The van der Waals surface area contributed by atoms with Crippen LogP contribution in [0.1, 0.15) is 41.7 Å². The van der Waals surface area contributed by atoms with Crippen LogP contribution in [0.15, 0.2) is 54.6 Å². The van der Waals surface area contributed by atoms with Crippen LogP contribution < -0.4 is 11.1 Å². The zero-order chi connectivity index (χ0) is 28.2. The van der Waals surface area contributed by atoms with Crippen LogP contribution in [-0.4, -0.2) is 42.9 Å². The number of rotatable bonds is 5. The molecule has 8 nitrogen and oxygen atoms in total. The molecule has 6 rings (SSSR count). The normalized spacial score (nSPS) is 17.9. The number of amides is 1. The number of benzene rings is 3. The molecule has 40 heavy (non-hydrogen) atoms. The molecule has 5 aromatic rings. The van der Waals surface area contributed by atoms with Crippen LogP contribution in [0.25, 0.3) is 39.0 Å². The molecular weight excluding hydrogens is 528 g/mol. The van der Waals surface area contributed by atoms with Crippen molar-refractivity contribution >= 4 is 33.5 Å². The zero-order valence-electron chi connectivity index (χ0n) is 21.0. The number of imidazole rings is 1. The topological polar surface area (TPSA) is 122 Å². The number of nitrogens with one attached hydrogen (secondary N) is 2. The molecule has 206 valence electrons. The molecule has 1 fully saturated rings. The highest BCUT2D eigenvalue weighted by molar-refractivity contribution is 6.00. The minimum atomic E-state index is -4.80. The smallest absolute Gasteiger partial charge is 0.393 e. The van der Waals surface area contributed by atoms with Crippen LogP contribution in [0.4, 0.5) is 23.2 Å². The van der Waals surface area contributed by atoms with Gasteiger partial charge in [0.25, 0.3) is 5.91 Å². The minimum Gasteiger partial charge on any atom is -0.393 e. The van der Waals surface area contributed by atoms with Crippen LogP contribution in [0.3, 0.4) is 0 Å². The number of aromatic nitrogens is 4. The number of nitrogens with two attached hydrogens (primary N) is 1. The lowest BCUT2D eigenvalue weighted by Crippen LogP contribution is -2.29. The molecule has 0 atom stereocenters. The summed E-state index contributed by atoms with van der Waals surface area (Å²) in [4.78, 5) is 19.4. The largest absolute Gasteiger partial charge is 0.435 e. The first-order valence-electron chi connectivity index (χ1n) is 12.7. The zero-order valence-corrected chi connectivity index (χ0v) is 21.0. The highest BCUT2D eigenvalue weighted by Gasteiger charge is 2.38. The van der Waals surface area contributed by atoms with Crippen molar-refractivity contribution in [3.05, 3.63) is 71.7 Å². The number of alkyl halides is 3. The monoisotopic (exact) mass is 552 g/mol. The van der Waals surface area contributed by atoms with E-state index in [0.717, 1.165) is 0 Å². The summed E-state index contributed by atoms with van der Waals surface area (Å²) in [5.74, 6) is -1.05. The SMILES string of the molecule is NC(=O)c1ccc(-n2nc(C(F)(F)F)c3c(-c4nc5ccc(F)cc5[nH]4)cccc32)cc1NC1CCC(O)CC1. The lowest BCUT2D eigenvalue weighted by Gasteiger charge is -2.27.